The highest BCUT2D eigenvalue weighted by Crippen LogP contribution is 2.40. The van der Waals surface area contributed by atoms with Gasteiger partial charge in [0.25, 0.3) is 11.6 Å². The maximum absolute atomic E-state index is 13.9. The van der Waals surface area contributed by atoms with Crippen molar-refractivity contribution in [1.82, 2.24) is 19.5 Å². The second-order valence-electron chi connectivity index (χ2n) is 13.0. The predicted octanol–water partition coefficient (Wildman–Crippen LogP) is 8.12. The molecule has 3 atom stereocenters. The summed E-state index contributed by atoms with van der Waals surface area (Å²) in [6.07, 6.45) is 1.68. The first-order valence-electron chi connectivity index (χ1n) is 17.3. The monoisotopic (exact) mass is 682 g/mol. The number of fused-ring (bicyclic) bond motifs is 1. The Balaban J connectivity index is 1.49. The highest BCUT2D eigenvalue weighted by molar-refractivity contribution is 6.05. The first-order valence-corrected chi connectivity index (χ1v) is 17.3. The van der Waals surface area contributed by atoms with Gasteiger partial charge in [-0.2, -0.15) is 0 Å². The molecule has 12 nitrogen and oxygen atoms in total. The minimum atomic E-state index is -0.721. The molecule has 5 rings (SSSR count). The lowest BCUT2D eigenvalue weighted by Gasteiger charge is -2.33. The van der Waals surface area contributed by atoms with Crippen molar-refractivity contribution in [3.63, 3.8) is 0 Å². The fourth-order valence-corrected chi connectivity index (χ4v) is 6.56. The Morgan fingerprint density at radius 2 is 1.80 bits per heavy atom. The lowest BCUT2D eigenvalue weighted by Crippen LogP contribution is -2.34. The summed E-state index contributed by atoms with van der Waals surface area (Å²) < 4.78 is 19.3. The van der Waals surface area contributed by atoms with E-state index in [0.717, 1.165) is 30.4 Å². The number of aromatic nitrogens is 3. The van der Waals surface area contributed by atoms with Crippen molar-refractivity contribution < 1.29 is 28.6 Å². The number of carbonyl (C=O) groups is 3. The quantitative estimate of drug-likeness (QED) is 0.121. The predicted molar refractivity (Wildman–Crippen MR) is 191 cm³/mol. The van der Waals surface area contributed by atoms with Gasteiger partial charge in [-0.05, 0) is 82.6 Å². The molecule has 0 spiro atoms. The number of esters is 1. The summed E-state index contributed by atoms with van der Waals surface area (Å²) in [6.45, 7) is 22.4. The highest BCUT2D eigenvalue weighted by atomic mass is 16.6. The average molecular weight is 683 g/mol. The number of carbonyl (C=O) groups excluding carboxylic acids is 3. The molecule has 1 fully saturated rings. The summed E-state index contributed by atoms with van der Waals surface area (Å²) >= 11 is 0. The molecule has 50 heavy (non-hydrogen) atoms. The van der Waals surface area contributed by atoms with E-state index in [0.29, 0.717) is 42.3 Å². The number of aryl methyl sites for hydroxylation is 2. The van der Waals surface area contributed by atoms with Gasteiger partial charge in [-0.1, -0.05) is 57.0 Å². The molecule has 2 amide bonds. The van der Waals surface area contributed by atoms with E-state index in [1.165, 1.54) is 9.42 Å². The van der Waals surface area contributed by atoms with Crippen LogP contribution in [0.2, 0.25) is 0 Å². The third-order valence-corrected chi connectivity index (χ3v) is 9.39. The van der Waals surface area contributed by atoms with Crippen molar-refractivity contribution in [2.24, 2.45) is 11.8 Å². The molecule has 0 aliphatic heterocycles. The van der Waals surface area contributed by atoms with Gasteiger partial charge >= 0.3 is 12.1 Å². The van der Waals surface area contributed by atoms with E-state index in [1.807, 2.05) is 52.8 Å². The Kier molecular flexibility index (Phi) is 11.1. The summed E-state index contributed by atoms with van der Waals surface area (Å²) in [5, 5.41) is 6.06. The van der Waals surface area contributed by atoms with Crippen molar-refractivity contribution >= 4 is 35.0 Å². The third-order valence-electron chi connectivity index (χ3n) is 9.39. The van der Waals surface area contributed by atoms with Crippen molar-refractivity contribution in [2.75, 3.05) is 18.4 Å². The van der Waals surface area contributed by atoms with E-state index in [1.54, 1.807) is 24.3 Å². The number of rotatable bonds is 11. The van der Waals surface area contributed by atoms with E-state index >= 15 is 0 Å². The highest BCUT2D eigenvalue weighted by Gasteiger charge is 2.36. The van der Waals surface area contributed by atoms with Gasteiger partial charge in [0, 0.05) is 24.3 Å². The number of benzene rings is 2. The number of aromatic amines is 1. The molecule has 0 bridgehead atoms. The fourth-order valence-electron chi connectivity index (χ4n) is 6.56. The third kappa shape index (κ3) is 7.47. The Labute approximate surface area is 292 Å². The Bertz CT molecular complexity index is 1910. The molecule has 1 saturated carbocycles. The number of anilines is 1. The van der Waals surface area contributed by atoms with Crippen LogP contribution in [0.3, 0.4) is 0 Å². The lowest BCUT2D eigenvalue weighted by molar-refractivity contribution is -0.122. The zero-order valence-corrected chi connectivity index (χ0v) is 29.8. The van der Waals surface area contributed by atoms with Crippen LogP contribution in [0.25, 0.3) is 21.9 Å². The van der Waals surface area contributed by atoms with Gasteiger partial charge in [0.15, 0.2) is 17.6 Å². The SMILES string of the molecule is [C-]#[N+]c1c(C(=O)OC2C(C)CCCC2C)c2nc(-c3cccc(NC(=O)C(CC)Oc4ccc(C)cc4C)c3)[nH]n2c1OC(=O)N(CC)CC. The first-order chi connectivity index (χ1) is 24.0. The zero-order chi connectivity index (χ0) is 36.1. The molecule has 2 aromatic heterocycles. The second-order valence-corrected chi connectivity index (χ2v) is 13.0. The van der Waals surface area contributed by atoms with Gasteiger partial charge in [-0.3, -0.25) is 9.89 Å². The number of nitrogens with zero attached hydrogens (tertiary/aromatic N) is 4. The largest absolute Gasteiger partial charge is 0.480 e. The van der Waals surface area contributed by atoms with Crippen LogP contribution >= 0.6 is 0 Å². The number of ether oxygens (including phenoxy) is 3. The van der Waals surface area contributed by atoms with Crippen molar-refractivity contribution in [1.29, 1.82) is 0 Å². The van der Waals surface area contributed by atoms with Crippen LogP contribution in [0.4, 0.5) is 16.2 Å². The molecule has 2 aromatic carbocycles. The minimum absolute atomic E-state index is 0.0754. The maximum Gasteiger partial charge on any atom is 0.415 e. The number of hydrogen-bond donors (Lipinski definition) is 2. The number of H-pyrrole nitrogens is 1. The van der Waals surface area contributed by atoms with Gasteiger partial charge in [0.2, 0.25) is 5.88 Å². The molecule has 264 valence electrons. The Hall–Kier alpha value is -5.31. The topological polar surface area (TPSA) is 132 Å². The van der Waals surface area contributed by atoms with Crippen LogP contribution in [0.1, 0.15) is 81.8 Å². The van der Waals surface area contributed by atoms with E-state index in [-0.39, 0.29) is 46.6 Å². The normalized spacial score (nSPS) is 17.8. The van der Waals surface area contributed by atoms with Crippen molar-refractivity contribution in [3.8, 4) is 23.0 Å². The molecule has 2 heterocycles. The lowest BCUT2D eigenvalue weighted by atomic mass is 9.80. The summed E-state index contributed by atoms with van der Waals surface area (Å²) in [4.78, 5) is 50.1. The van der Waals surface area contributed by atoms with Gasteiger partial charge in [-0.15, -0.1) is 0 Å². The first kappa shape index (κ1) is 36.0. The van der Waals surface area contributed by atoms with Crippen LogP contribution < -0.4 is 14.8 Å². The Morgan fingerprint density at radius 1 is 1.08 bits per heavy atom. The van der Waals surface area contributed by atoms with Crippen LogP contribution in [0.15, 0.2) is 42.5 Å². The van der Waals surface area contributed by atoms with E-state index in [9.17, 15) is 14.4 Å². The second kappa shape index (κ2) is 15.5. The van der Waals surface area contributed by atoms with Crippen LogP contribution in [0, 0.1) is 32.3 Å². The van der Waals surface area contributed by atoms with Gasteiger partial charge in [0.1, 0.15) is 17.4 Å². The van der Waals surface area contributed by atoms with Crippen molar-refractivity contribution in [3.05, 3.63) is 70.6 Å². The average Bonchev–Trinajstić information content (AvgIpc) is 3.64. The summed E-state index contributed by atoms with van der Waals surface area (Å²) in [7, 11) is 0. The number of hydrogen-bond acceptors (Lipinski definition) is 7. The minimum Gasteiger partial charge on any atom is -0.480 e. The van der Waals surface area contributed by atoms with Gasteiger partial charge in [0.05, 0.1) is 6.57 Å². The molecule has 2 N–H and O–H groups in total. The summed E-state index contributed by atoms with van der Waals surface area (Å²) in [5.74, 6) is 0.127. The van der Waals surface area contributed by atoms with Gasteiger partial charge in [-0.25, -0.2) is 23.9 Å². The van der Waals surface area contributed by atoms with E-state index < -0.39 is 18.2 Å². The molecule has 1 aliphatic rings. The van der Waals surface area contributed by atoms with Crippen LogP contribution in [-0.2, 0) is 9.53 Å². The van der Waals surface area contributed by atoms with Crippen LogP contribution in [0.5, 0.6) is 11.6 Å². The molecule has 1 aliphatic carbocycles. The van der Waals surface area contributed by atoms with Gasteiger partial charge < -0.3 is 24.4 Å². The van der Waals surface area contributed by atoms with E-state index in [4.69, 9.17) is 25.8 Å². The molecule has 12 heteroatoms. The standard InChI is InChI=1S/C38H46N6O6/c1-9-28(48-29-19-18-22(4)20-25(29)7)35(45)40-27-17-13-16-26(21-27)33-41-34-30(37(46)49-32-23(5)14-12-15-24(32)6)31(39-8)36(44(34)42-33)50-38(47)43(10-2)11-3/h13,16-21,23-24,28,32H,9-12,14-15H2,1-7H3,(H,40,45)(H,41,42). The zero-order valence-electron chi connectivity index (χ0n) is 29.8. The van der Waals surface area contributed by atoms with Crippen LogP contribution in [-0.4, -0.2) is 62.8 Å². The molecular weight excluding hydrogens is 636 g/mol. The smallest absolute Gasteiger partial charge is 0.415 e. The molecule has 0 radical (unpaired) electrons. The summed E-state index contributed by atoms with van der Waals surface area (Å²) in [5.41, 5.74) is 3.00. The molecule has 0 saturated heterocycles. The summed E-state index contributed by atoms with van der Waals surface area (Å²) in [6, 6.07) is 12.9. The molecular formula is C38H46N6O6. The molecule has 3 unspecified atom stereocenters. The molecule has 4 aromatic rings. The number of amides is 2. The fraction of sp³-hybridized carbons (Fsp3) is 0.447. The van der Waals surface area contributed by atoms with Crippen molar-refractivity contribution in [2.45, 2.75) is 86.4 Å². The van der Waals surface area contributed by atoms with E-state index in [2.05, 4.69) is 29.1 Å². The number of nitrogens with one attached hydrogen (secondary N) is 2. The maximum atomic E-state index is 13.9. The Morgan fingerprint density at radius 3 is 2.44 bits per heavy atom.